The Labute approximate surface area is 115 Å². The molecule has 17 heavy (non-hydrogen) atoms. The molecule has 1 aromatic rings. The Hall–Kier alpha value is -0.0600. The van der Waals surface area contributed by atoms with Crippen LogP contribution >= 0.6 is 27.7 Å². The fourth-order valence-electron chi connectivity index (χ4n) is 2.14. The predicted octanol–water partition coefficient (Wildman–Crippen LogP) is 3.92. The summed E-state index contributed by atoms with van der Waals surface area (Å²) >= 11 is 5.46. The summed E-state index contributed by atoms with van der Waals surface area (Å²) in [6, 6.07) is 4.94. The third-order valence-electron chi connectivity index (χ3n) is 2.91. The van der Waals surface area contributed by atoms with Crippen LogP contribution in [0.1, 0.15) is 19.4 Å². The van der Waals surface area contributed by atoms with Crippen LogP contribution in [-0.4, -0.2) is 28.5 Å². The predicted molar refractivity (Wildman–Crippen MR) is 75.9 cm³/mol. The smallest absolute Gasteiger partial charge is 0.124 e. The summed E-state index contributed by atoms with van der Waals surface area (Å²) in [7, 11) is 0. The molecule has 94 valence electrons. The van der Waals surface area contributed by atoms with Crippen LogP contribution < -0.4 is 0 Å². The van der Waals surface area contributed by atoms with Gasteiger partial charge in [-0.1, -0.05) is 22.0 Å². The Bertz CT molecular complexity index is 408. The Morgan fingerprint density at radius 1 is 1.47 bits per heavy atom. The van der Waals surface area contributed by atoms with Gasteiger partial charge in [-0.15, -0.1) is 0 Å². The Morgan fingerprint density at radius 2 is 2.24 bits per heavy atom. The molecular weight excluding hydrogens is 301 g/mol. The van der Waals surface area contributed by atoms with E-state index < -0.39 is 0 Å². The molecule has 1 aliphatic heterocycles. The number of thioether (sulfide) groups is 1. The third kappa shape index (κ3) is 3.70. The fourth-order valence-corrected chi connectivity index (χ4v) is 3.79. The summed E-state index contributed by atoms with van der Waals surface area (Å²) in [5, 5.41) is 0. The maximum atomic E-state index is 13.0. The van der Waals surface area contributed by atoms with Crippen molar-refractivity contribution in [1.82, 2.24) is 4.90 Å². The van der Waals surface area contributed by atoms with Gasteiger partial charge in [-0.2, -0.15) is 11.8 Å². The highest BCUT2D eigenvalue weighted by Crippen LogP contribution is 2.31. The van der Waals surface area contributed by atoms with E-state index in [9.17, 15) is 4.39 Å². The monoisotopic (exact) mass is 317 g/mol. The molecule has 1 heterocycles. The van der Waals surface area contributed by atoms with Gasteiger partial charge in [0.2, 0.25) is 0 Å². The number of benzene rings is 1. The molecule has 1 aliphatic rings. The van der Waals surface area contributed by atoms with Crippen LogP contribution in [0.15, 0.2) is 22.7 Å². The normalized spacial score (nSPS) is 20.5. The van der Waals surface area contributed by atoms with Crippen LogP contribution in [0.25, 0.3) is 0 Å². The van der Waals surface area contributed by atoms with E-state index in [-0.39, 0.29) is 5.82 Å². The fraction of sp³-hybridized carbons (Fsp3) is 0.538. The first-order valence-electron chi connectivity index (χ1n) is 5.76. The largest absolute Gasteiger partial charge is 0.297 e. The van der Waals surface area contributed by atoms with Crippen molar-refractivity contribution in [2.24, 2.45) is 0 Å². The van der Waals surface area contributed by atoms with E-state index in [0.717, 1.165) is 29.7 Å². The van der Waals surface area contributed by atoms with Crippen molar-refractivity contribution in [1.29, 1.82) is 0 Å². The average Bonchev–Trinajstić information content (AvgIpc) is 2.21. The van der Waals surface area contributed by atoms with Gasteiger partial charge in [-0.25, -0.2) is 4.39 Å². The van der Waals surface area contributed by atoms with Gasteiger partial charge in [0.15, 0.2) is 0 Å². The highest BCUT2D eigenvalue weighted by Gasteiger charge is 2.27. The van der Waals surface area contributed by atoms with E-state index in [1.807, 2.05) is 17.8 Å². The number of rotatable bonds is 2. The molecule has 4 heteroatoms. The Balaban J connectivity index is 2.05. The van der Waals surface area contributed by atoms with Gasteiger partial charge in [0, 0.05) is 34.6 Å². The van der Waals surface area contributed by atoms with Crippen molar-refractivity contribution in [3.63, 3.8) is 0 Å². The number of hydrogen-bond donors (Lipinski definition) is 0. The summed E-state index contributed by atoms with van der Waals surface area (Å²) < 4.78 is 14.2. The van der Waals surface area contributed by atoms with Gasteiger partial charge in [0.05, 0.1) is 0 Å². The maximum Gasteiger partial charge on any atom is 0.124 e. The van der Waals surface area contributed by atoms with Crippen LogP contribution in [0.3, 0.4) is 0 Å². The molecule has 0 aromatic heterocycles. The van der Waals surface area contributed by atoms with E-state index in [1.165, 1.54) is 11.8 Å². The molecule has 0 radical (unpaired) electrons. The van der Waals surface area contributed by atoms with Crippen molar-refractivity contribution in [3.8, 4) is 0 Å². The quantitative estimate of drug-likeness (QED) is 0.813. The number of hydrogen-bond acceptors (Lipinski definition) is 2. The topological polar surface area (TPSA) is 3.24 Å². The minimum absolute atomic E-state index is 0.185. The van der Waals surface area contributed by atoms with Crippen molar-refractivity contribution < 1.29 is 4.39 Å². The summed E-state index contributed by atoms with van der Waals surface area (Å²) in [5.74, 6) is 0.987. The molecule has 0 N–H and O–H groups in total. The van der Waals surface area contributed by atoms with Gasteiger partial charge in [-0.05, 0) is 31.5 Å². The second-order valence-electron chi connectivity index (χ2n) is 5.05. The average molecular weight is 318 g/mol. The molecular formula is C13H17BrFNS. The van der Waals surface area contributed by atoms with Crippen LogP contribution in [0.5, 0.6) is 0 Å². The lowest BCUT2D eigenvalue weighted by Gasteiger charge is -2.37. The van der Waals surface area contributed by atoms with E-state index in [0.29, 0.717) is 4.75 Å². The van der Waals surface area contributed by atoms with Crippen LogP contribution in [-0.2, 0) is 6.54 Å². The van der Waals surface area contributed by atoms with Crippen molar-refractivity contribution in [2.75, 3.05) is 18.8 Å². The Kier molecular flexibility index (Phi) is 4.16. The van der Waals surface area contributed by atoms with E-state index in [1.54, 1.807) is 6.07 Å². The molecule has 0 saturated carbocycles. The summed E-state index contributed by atoms with van der Waals surface area (Å²) in [6.45, 7) is 7.65. The van der Waals surface area contributed by atoms with E-state index in [4.69, 9.17) is 0 Å². The lowest BCUT2D eigenvalue weighted by Crippen LogP contribution is -2.42. The van der Waals surface area contributed by atoms with E-state index in [2.05, 4.69) is 34.7 Å². The summed E-state index contributed by atoms with van der Waals surface area (Å²) in [6.07, 6.45) is 0. The zero-order chi connectivity index (χ0) is 12.5. The molecule has 0 bridgehead atoms. The van der Waals surface area contributed by atoms with E-state index >= 15 is 0 Å². The van der Waals surface area contributed by atoms with Gasteiger partial charge in [0.1, 0.15) is 5.82 Å². The van der Waals surface area contributed by atoms with Crippen molar-refractivity contribution >= 4 is 27.7 Å². The van der Waals surface area contributed by atoms with Crippen molar-refractivity contribution in [2.45, 2.75) is 25.1 Å². The van der Waals surface area contributed by atoms with Crippen LogP contribution in [0.4, 0.5) is 4.39 Å². The molecule has 1 aromatic carbocycles. The second-order valence-corrected chi connectivity index (χ2v) is 7.71. The van der Waals surface area contributed by atoms with Gasteiger partial charge in [0.25, 0.3) is 0 Å². The standard InChI is InChI=1S/C13H17BrFNS/c1-13(2)9-16(5-6-17-13)8-10-3-4-11(15)7-12(10)14/h3-4,7H,5-6,8-9H2,1-2H3. The highest BCUT2D eigenvalue weighted by molar-refractivity contribution is 9.10. The van der Waals surface area contributed by atoms with Crippen molar-refractivity contribution in [3.05, 3.63) is 34.1 Å². The number of halogens is 2. The molecule has 1 nitrogen and oxygen atoms in total. The zero-order valence-corrected chi connectivity index (χ0v) is 12.6. The summed E-state index contributed by atoms with van der Waals surface area (Å²) in [5.41, 5.74) is 1.16. The molecule has 1 fully saturated rings. The van der Waals surface area contributed by atoms with Gasteiger partial charge >= 0.3 is 0 Å². The minimum atomic E-state index is -0.185. The lowest BCUT2D eigenvalue weighted by molar-refractivity contribution is 0.252. The summed E-state index contributed by atoms with van der Waals surface area (Å²) in [4.78, 5) is 2.44. The van der Waals surface area contributed by atoms with Gasteiger partial charge in [-0.3, -0.25) is 4.90 Å². The molecule has 0 amide bonds. The first kappa shape index (κ1) is 13.4. The first-order valence-corrected chi connectivity index (χ1v) is 7.54. The molecule has 0 atom stereocenters. The second kappa shape index (κ2) is 5.29. The van der Waals surface area contributed by atoms with Crippen LogP contribution in [0, 0.1) is 5.82 Å². The number of nitrogens with zero attached hydrogens (tertiary/aromatic N) is 1. The van der Waals surface area contributed by atoms with Crippen LogP contribution in [0.2, 0.25) is 0 Å². The third-order valence-corrected chi connectivity index (χ3v) is 4.95. The SMILES string of the molecule is CC1(C)CN(Cc2ccc(F)cc2Br)CCS1. The first-order chi connectivity index (χ1) is 7.96. The molecule has 0 spiro atoms. The molecule has 2 rings (SSSR count). The molecule has 0 aliphatic carbocycles. The minimum Gasteiger partial charge on any atom is -0.297 e. The lowest BCUT2D eigenvalue weighted by atomic mass is 10.1. The highest BCUT2D eigenvalue weighted by atomic mass is 79.9. The Morgan fingerprint density at radius 3 is 2.88 bits per heavy atom. The maximum absolute atomic E-state index is 13.0. The zero-order valence-electron chi connectivity index (χ0n) is 10.2. The van der Waals surface area contributed by atoms with Gasteiger partial charge < -0.3 is 0 Å². The molecule has 0 unspecified atom stereocenters. The molecule has 1 saturated heterocycles.